The summed E-state index contributed by atoms with van der Waals surface area (Å²) < 4.78 is 31.9. The van der Waals surface area contributed by atoms with Crippen LogP contribution in [0.15, 0.2) is 36.4 Å². The first-order valence-electron chi connectivity index (χ1n) is 8.62. The van der Waals surface area contributed by atoms with Crippen molar-refractivity contribution >= 4 is 52.6 Å². The Morgan fingerprint density at radius 2 is 1.83 bits per heavy atom. The zero-order chi connectivity index (χ0) is 22.3. The van der Waals surface area contributed by atoms with Gasteiger partial charge in [0.15, 0.2) is 6.61 Å². The Kier molecular flexibility index (Phi) is 9.08. The summed E-state index contributed by atoms with van der Waals surface area (Å²) in [5.74, 6) is -3.62. The van der Waals surface area contributed by atoms with Crippen LogP contribution < -0.4 is 5.32 Å². The number of Topliss-reactive ketones (excluding diaryl/α,β-unsaturated/α-hetero) is 1. The van der Waals surface area contributed by atoms with Crippen molar-refractivity contribution in [3.8, 4) is 0 Å². The second-order valence-electron chi connectivity index (χ2n) is 6.09. The highest BCUT2D eigenvalue weighted by Crippen LogP contribution is 2.21. The predicted molar refractivity (Wildman–Crippen MR) is 112 cm³/mol. The number of ether oxygens (including phenoxy) is 1. The first-order chi connectivity index (χ1) is 14.2. The number of esters is 1. The molecule has 0 aromatic heterocycles. The molecule has 2 rings (SSSR count). The van der Waals surface area contributed by atoms with E-state index in [1.165, 1.54) is 30.0 Å². The van der Waals surface area contributed by atoms with Crippen molar-refractivity contribution in [2.75, 3.05) is 18.6 Å². The third-order valence-electron chi connectivity index (χ3n) is 3.95. The van der Waals surface area contributed by atoms with Gasteiger partial charge in [-0.25, -0.2) is 13.6 Å². The molecule has 1 amide bonds. The highest BCUT2D eigenvalue weighted by molar-refractivity contribution is 7.98. The van der Waals surface area contributed by atoms with Crippen molar-refractivity contribution < 1.29 is 27.9 Å². The molecule has 160 valence electrons. The van der Waals surface area contributed by atoms with Gasteiger partial charge >= 0.3 is 5.97 Å². The van der Waals surface area contributed by atoms with E-state index in [4.69, 9.17) is 27.9 Å². The fourth-order valence-corrected chi connectivity index (χ4v) is 3.39. The van der Waals surface area contributed by atoms with E-state index in [9.17, 15) is 23.2 Å². The molecule has 0 aliphatic rings. The van der Waals surface area contributed by atoms with E-state index in [0.29, 0.717) is 10.8 Å². The van der Waals surface area contributed by atoms with Gasteiger partial charge in [-0.2, -0.15) is 11.8 Å². The van der Waals surface area contributed by atoms with E-state index < -0.39 is 47.5 Å². The number of carbonyl (C=O) groups excluding carboxylic acids is 3. The highest BCUT2D eigenvalue weighted by atomic mass is 35.5. The normalized spacial score (nSPS) is 11.6. The van der Waals surface area contributed by atoms with Crippen LogP contribution in [0, 0.1) is 11.6 Å². The molecule has 0 spiro atoms. The fraction of sp³-hybridized carbons (Fsp3) is 0.250. The van der Waals surface area contributed by atoms with Gasteiger partial charge < -0.3 is 10.1 Å². The number of benzene rings is 2. The zero-order valence-electron chi connectivity index (χ0n) is 15.7. The summed E-state index contributed by atoms with van der Waals surface area (Å²) in [6.07, 6.45) is 2.04. The smallest absolute Gasteiger partial charge is 0.329 e. The molecule has 0 bridgehead atoms. The van der Waals surface area contributed by atoms with Gasteiger partial charge in [0.25, 0.3) is 5.91 Å². The maximum absolute atomic E-state index is 13.7. The van der Waals surface area contributed by atoms with Crippen LogP contribution in [0.25, 0.3) is 0 Å². The Bertz CT molecular complexity index is 958. The molecule has 0 heterocycles. The Morgan fingerprint density at radius 1 is 1.10 bits per heavy atom. The van der Waals surface area contributed by atoms with Crippen molar-refractivity contribution in [1.29, 1.82) is 0 Å². The third kappa shape index (κ3) is 6.68. The number of hydrogen-bond donors (Lipinski definition) is 1. The lowest BCUT2D eigenvalue weighted by Crippen LogP contribution is -2.42. The van der Waals surface area contributed by atoms with Gasteiger partial charge in [0, 0.05) is 5.02 Å². The minimum absolute atomic E-state index is 0.105. The molecule has 1 N–H and O–H groups in total. The highest BCUT2D eigenvalue weighted by Gasteiger charge is 2.25. The lowest BCUT2D eigenvalue weighted by molar-refractivity contribution is -0.144. The van der Waals surface area contributed by atoms with Gasteiger partial charge in [0.1, 0.15) is 17.7 Å². The number of thioether (sulfide) groups is 1. The quantitative estimate of drug-likeness (QED) is 0.425. The minimum Gasteiger partial charge on any atom is -0.456 e. The van der Waals surface area contributed by atoms with Gasteiger partial charge in [-0.15, -0.1) is 0 Å². The van der Waals surface area contributed by atoms with E-state index in [1.54, 1.807) is 0 Å². The Labute approximate surface area is 186 Å². The summed E-state index contributed by atoms with van der Waals surface area (Å²) in [6, 6.07) is 5.61. The second-order valence-corrected chi connectivity index (χ2v) is 7.92. The number of halogens is 4. The zero-order valence-corrected chi connectivity index (χ0v) is 18.0. The number of amides is 1. The second kappa shape index (κ2) is 11.3. The average molecular weight is 476 g/mol. The summed E-state index contributed by atoms with van der Waals surface area (Å²) in [5, 5.41) is 2.96. The fourth-order valence-electron chi connectivity index (χ4n) is 2.42. The van der Waals surface area contributed by atoms with Gasteiger partial charge in [-0.1, -0.05) is 23.2 Å². The van der Waals surface area contributed by atoms with E-state index in [0.717, 1.165) is 18.2 Å². The third-order valence-corrected chi connectivity index (χ3v) is 5.14. The lowest BCUT2D eigenvalue weighted by Gasteiger charge is -2.17. The van der Waals surface area contributed by atoms with Crippen molar-refractivity contribution in [1.82, 2.24) is 5.32 Å². The Balaban J connectivity index is 2.06. The SMILES string of the molecule is CSCCC(NC(=O)c1ccc(Cl)cc1Cl)C(=O)OCC(=O)c1cc(F)ccc1F. The topological polar surface area (TPSA) is 72.5 Å². The molecular formula is C20H17Cl2F2NO4S. The molecule has 1 atom stereocenters. The molecule has 0 saturated heterocycles. The summed E-state index contributed by atoms with van der Waals surface area (Å²) in [4.78, 5) is 37.0. The summed E-state index contributed by atoms with van der Waals surface area (Å²) in [7, 11) is 0. The van der Waals surface area contributed by atoms with Crippen molar-refractivity contribution in [3.63, 3.8) is 0 Å². The van der Waals surface area contributed by atoms with Crippen LogP contribution in [0.4, 0.5) is 8.78 Å². The molecule has 5 nitrogen and oxygen atoms in total. The van der Waals surface area contributed by atoms with Gasteiger partial charge in [-0.3, -0.25) is 9.59 Å². The van der Waals surface area contributed by atoms with Crippen LogP contribution >= 0.6 is 35.0 Å². The Hall–Kier alpha value is -2.16. The van der Waals surface area contributed by atoms with Crippen molar-refractivity contribution in [2.24, 2.45) is 0 Å². The molecule has 1 unspecified atom stereocenters. The first-order valence-corrected chi connectivity index (χ1v) is 10.8. The standard InChI is InChI=1S/C20H17Cl2F2NO4S/c1-30-7-6-17(25-19(27)13-4-2-11(21)8-15(13)22)20(28)29-10-18(26)14-9-12(23)3-5-16(14)24/h2-5,8-9,17H,6-7,10H2,1H3,(H,25,27). The minimum atomic E-state index is -1.07. The van der Waals surface area contributed by atoms with Crippen LogP contribution in [0.3, 0.4) is 0 Å². The van der Waals surface area contributed by atoms with E-state index in [-0.39, 0.29) is 17.0 Å². The largest absolute Gasteiger partial charge is 0.456 e. The molecule has 2 aromatic rings. The molecule has 0 radical (unpaired) electrons. The lowest BCUT2D eigenvalue weighted by atomic mass is 10.1. The van der Waals surface area contributed by atoms with E-state index in [1.807, 2.05) is 6.26 Å². The molecule has 0 aliphatic heterocycles. The average Bonchev–Trinajstić information content (AvgIpc) is 2.70. The van der Waals surface area contributed by atoms with Crippen LogP contribution in [-0.2, 0) is 9.53 Å². The molecule has 0 fully saturated rings. The number of ketones is 1. The number of nitrogens with one attached hydrogen (secondary N) is 1. The van der Waals surface area contributed by atoms with Gasteiger partial charge in [0.05, 0.1) is 16.1 Å². The molecule has 10 heteroatoms. The molecule has 0 aliphatic carbocycles. The predicted octanol–water partition coefficient (Wildman–Crippen LogP) is 4.55. The summed E-state index contributed by atoms with van der Waals surface area (Å²) >= 11 is 13.3. The van der Waals surface area contributed by atoms with Gasteiger partial charge in [-0.05, 0) is 54.8 Å². The van der Waals surface area contributed by atoms with Crippen molar-refractivity contribution in [2.45, 2.75) is 12.5 Å². The first kappa shape index (κ1) is 24.1. The van der Waals surface area contributed by atoms with Crippen molar-refractivity contribution in [3.05, 3.63) is 69.2 Å². The van der Waals surface area contributed by atoms with E-state index >= 15 is 0 Å². The maximum Gasteiger partial charge on any atom is 0.329 e. The summed E-state index contributed by atoms with van der Waals surface area (Å²) in [6.45, 7) is -0.799. The number of rotatable bonds is 9. The van der Waals surface area contributed by atoms with Crippen LogP contribution in [-0.4, -0.2) is 42.3 Å². The van der Waals surface area contributed by atoms with Crippen LogP contribution in [0.2, 0.25) is 10.0 Å². The monoisotopic (exact) mass is 475 g/mol. The van der Waals surface area contributed by atoms with Gasteiger partial charge in [0.2, 0.25) is 5.78 Å². The molecule has 30 heavy (non-hydrogen) atoms. The molecule has 0 saturated carbocycles. The summed E-state index contributed by atoms with van der Waals surface area (Å²) in [5.41, 5.74) is -0.415. The van der Waals surface area contributed by atoms with Crippen LogP contribution in [0.1, 0.15) is 27.1 Å². The van der Waals surface area contributed by atoms with Crippen LogP contribution in [0.5, 0.6) is 0 Å². The number of carbonyl (C=O) groups is 3. The molecular weight excluding hydrogens is 459 g/mol. The Morgan fingerprint density at radius 3 is 2.50 bits per heavy atom. The van der Waals surface area contributed by atoms with E-state index in [2.05, 4.69) is 5.32 Å². The maximum atomic E-state index is 13.7. The number of hydrogen-bond acceptors (Lipinski definition) is 5. The molecule has 2 aromatic carbocycles.